The normalized spacial score (nSPS) is 22.6. The van der Waals surface area contributed by atoms with Crippen LogP contribution >= 0.6 is 0 Å². The van der Waals surface area contributed by atoms with E-state index in [0.29, 0.717) is 5.92 Å². The highest BCUT2D eigenvalue weighted by atomic mass is 16.2. The zero-order valence-electron chi connectivity index (χ0n) is 12.9. The van der Waals surface area contributed by atoms with E-state index in [1.54, 1.807) is 0 Å². The van der Waals surface area contributed by atoms with Gasteiger partial charge in [-0.2, -0.15) is 0 Å². The minimum atomic E-state index is 0.170. The van der Waals surface area contributed by atoms with E-state index < -0.39 is 0 Å². The number of anilines is 1. The zero-order chi connectivity index (χ0) is 14.7. The van der Waals surface area contributed by atoms with Crippen LogP contribution < -0.4 is 10.6 Å². The van der Waals surface area contributed by atoms with Gasteiger partial charge < -0.3 is 10.6 Å². The smallest absolute Gasteiger partial charge is 0.229 e. The highest BCUT2D eigenvalue weighted by Gasteiger charge is 2.28. The van der Waals surface area contributed by atoms with Crippen LogP contribution in [0.5, 0.6) is 0 Å². The molecular formula is C17H26N2O. The van der Waals surface area contributed by atoms with Crippen molar-refractivity contribution in [3.63, 3.8) is 0 Å². The fourth-order valence-electron chi connectivity index (χ4n) is 3.22. The van der Waals surface area contributed by atoms with Crippen molar-refractivity contribution in [2.75, 3.05) is 18.5 Å². The molecule has 0 atom stereocenters. The van der Waals surface area contributed by atoms with Crippen molar-refractivity contribution < 1.29 is 4.79 Å². The zero-order valence-corrected chi connectivity index (χ0v) is 12.9. The van der Waals surface area contributed by atoms with E-state index in [-0.39, 0.29) is 11.8 Å². The first-order valence-corrected chi connectivity index (χ1v) is 7.57. The van der Waals surface area contributed by atoms with Crippen LogP contribution in [0.1, 0.15) is 36.8 Å². The number of nitrogens with zero attached hydrogens (tertiary/aromatic N) is 1. The predicted octanol–water partition coefficient (Wildman–Crippen LogP) is 3.03. The first-order valence-electron chi connectivity index (χ1n) is 7.57. The fraction of sp³-hybridized carbons (Fsp3) is 0.588. The number of aryl methyl sites for hydroxylation is 2. The molecule has 0 heterocycles. The van der Waals surface area contributed by atoms with Gasteiger partial charge in [0, 0.05) is 18.7 Å². The van der Waals surface area contributed by atoms with Crippen LogP contribution in [0, 0.1) is 25.7 Å². The van der Waals surface area contributed by atoms with Crippen molar-refractivity contribution in [2.45, 2.75) is 39.5 Å². The largest absolute Gasteiger partial charge is 0.330 e. The number of carbonyl (C=O) groups is 1. The average molecular weight is 274 g/mol. The molecule has 1 aromatic rings. The molecule has 2 rings (SSSR count). The molecule has 2 N–H and O–H groups in total. The lowest BCUT2D eigenvalue weighted by Crippen LogP contribution is -2.36. The van der Waals surface area contributed by atoms with Gasteiger partial charge in [-0.05, 0) is 63.6 Å². The van der Waals surface area contributed by atoms with Gasteiger partial charge in [-0.15, -0.1) is 0 Å². The Bertz CT molecular complexity index is 476. The lowest BCUT2D eigenvalue weighted by Gasteiger charge is -2.30. The Morgan fingerprint density at radius 1 is 1.25 bits per heavy atom. The molecule has 20 heavy (non-hydrogen) atoms. The maximum absolute atomic E-state index is 12.6. The van der Waals surface area contributed by atoms with Gasteiger partial charge in [-0.1, -0.05) is 17.7 Å². The van der Waals surface area contributed by atoms with Gasteiger partial charge in [0.25, 0.3) is 0 Å². The highest BCUT2D eigenvalue weighted by Crippen LogP contribution is 2.31. The average Bonchev–Trinajstić information content (AvgIpc) is 2.46. The van der Waals surface area contributed by atoms with Gasteiger partial charge in [0.15, 0.2) is 0 Å². The molecule has 0 aliphatic heterocycles. The lowest BCUT2D eigenvalue weighted by molar-refractivity contribution is -0.123. The first kappa shape index (κ1) is 15.0. The summed E-state index contributed by atoms with van der Waals surface area (Å²) >= 11 is 0. The number of amides is 1. The van der Waals surface area contributed by atoms with Gasteiger partial charge >= 0.3 is 0 Å². The van der Waals surface area contributed by atoms with Crippen molar-refractivity contribution in [3.05, 3.63) is 29.3 Å². The van der Waals surface area contributed by atoms with E-state index >= 15 is 0 Å². The molecule has 1 aliphatic carbocycles. The van der Waals surface area contributed by atoms with E-state index in [2.05, 4.69) is 26.0 Å². The van der Waals surface area contributed by atoms with Crippen molar-refractivity contribution in [1.29, 1.82) is 0 Å². The summed E-state index contributed by atoms with van der Waals surface area (Å²) in [6, 6.07) is 6.25. The quantitative estimate of drug-likeness (QED) is 0.921. The molecule has 1 saturated carbocycles. The second-order valence-electron chi connectivity index (χ2n) is 6.14. The van der Waals surface area contributed by atoms with Gasteiger partial charge in [0.05, 0.1) is 0 Å². The molecule has 0 aromatic heterocycles. The number of carbonyl (C=O) groups excluding carboxylic acids is 1. The molecule has 1 fully saturated rings. The minimum absolute atomic E-state index is 0.170. The summed E-state index contributed by atoms with van der Waals surface area (Å²) in [7, 11) is 1.90. The van der Waals surface area contributed by atoms with Gasteiger partial charge in [-0.25, -0.2) is 0 Å². The van der Waals surface area contributed by atoms with Crippen LogP contribution in [-0.4, -0.2) is 19.5 Å². The number of rotatable bonds is 3. The van der Waals surface area contributed by atoms with Crippen molar-refractivity contribution in [3.8, 4) is 0 Å². The van der Waals surface area contributed by atoms with Gasteiger partial charge in [-0.3, -0.25) is 4.79 Å². The summed E-state index contributed by atoms with van der Waals surface area (Å²) < 4.78 is 0. The Balaban J connectivity index is 2.05. The number of benzene rings is 1. The molecule has 0 unspecified atom stereocenters. The minimum Gasteiger partial charge on any atom is -0.330 e. The summed E-state index contributed by atoms with van der Waals surface area (Å²) in [5.41, 5.74) is 9.14. The molecule has 1 amide bonds. The van der Waals surface area contributed by atoms with E-state index in [0.717, 1.165) is 43.5 Å². The molecule has 0 radical (unpaired) electrons. The standard InChI is InChI=1S/C17H26N2O/c1-12-4-9-16(13(2)10-12)19(3)17(20)15-7-5-14(11-18)6-8-15/h4,9-10,14-15H,5-8,11,18H2,1-3H3. The van der Waals surface area contributed by atoms with Crippen LogP contribution in [0.15, 0.2) is 18.2 Å². The topological polar surface area (TPSA) is 46.3 Å². The number of nitrogens with two attached hydrogens (primary N) is 1. The number of hydrogen-bond donors (Lipinski definition) is 1. The molecule has 110 valence electrons. The molecule has 0 bridgehead atoms. The Morgan fingerprint density at radius 2 is 1.90 bits per heavy atom. The summed E-state index contributed by atoms with van der Waals surface area (Å²) in [4.78, 5) is 14.5. The van der Waals surface area contributed by atoms with Crippen molar-refractivity contribution >= 4 is 11.6 Å². The van der Waals surface area contributed by atoms with Crippen LogP contribution in [0.4, 0.5) is 5.69 Å². The van der Waals surface area contributed by atoms with E-state index in [9.17, 15) is 4.79 Å². The van der Waals surface area contributed by atoms with Crippen LogP contribution in [0.3, 0.4) is 0 Å². The first-order chi connectivity index (χ1) is 9.52. The summed E-state index contributed by atoms with van der Waals surface area (Å²) in [5, 5.41) is 0. The predicted molar refractivity (Wildman–Crippen MR) is 83.8 cm³/mol. The van der Waals surface area contributed by atoms with Crippen LogP contribution in [-0.2, 0) is 4.79 Å². The third-order valence-electron chi connectivity index (χ3n) is 4.57. The third kappa shape index (κ3) is 3.21. The second-order valence-corrected chi connectivity index (χ2v) is 6.14. The second kappa shape index (κ2) is 6.40. The third-order valence-corrected chi connectivity index (χ3v) is 4.57. The molecule has 3 nitrogen and oxygen atoms in total. The highest BCUT2D eigenvalue weighted by molar-refractivity contribution is 5.95. The Kier molecular flexibility index (Phi) is 4.81. The molecule has 0 spiro atoms. The van der Waals surface area contributed by atoms with Crippen molar-refractivity contribution in [1.82, 2.24) is 0 Å². The SMILES string of the molecule is Cc1ccc(N(C)C(=O)C2CCC(CN)CC2)c(C)c1. The fourth-order valence-corrected chi connectivity index (χ4v) is 3.22. The van der Waals surface area contributed by atoms with E-state index in [4.69, 9.17) is 5.73 Å². The van der Waals surface area contributed by atoms with Gasteiger partial charge in [0.1, 0.15) is 0 Å². The molecule has 0 saturated heterocycles. The monoisotopic (exact) mass is 274 g/mol. The Labute approximate surface area is 122 Å². The van der Waals surface area contributed by atoms with E-state index in [1.165, 1.54) is 5.56 Å². The number of hydrogen-bond acceptors (Lipinski definition) is 2. The van der Waals surface area contributed by atoms with Crippen LogP contribution in [0.25, 0.3) is 0 Å². The summed E-state index contributed by atoms with van der Waals surface area (Å²) in [5.74, 6) is 1.04. The maximum Gasteiger partial charge on any atom is 0.229 e. The Hall–Kier alpha value is -1.35. The lowest BCUT2D eigenvalue weighted by atomic mass is 9.81. The van der Waals surface area contributed by atoms with Crippen molar-refractivity contribution in [2.24, 2.45) is 17.6 Å². The van der Waals surface area contributed by atoms with Gasteiger partial charge in [0.2, 0.25) is 5.91 Å². The maximum atomic E-state index is 12.6. The molecular weight excluding hydrogens is 248 g/mol. The Morgan fingerprint density at radius 3 is 2.45 bits per heavy atom. The van der Waals surface area contributed by atoms with E-state index in [1.807, 2.05) is 18.0 Å². The molecule has 3 heteroatoms. The molecule has 1 aliphatic rings. The summed E-state index contributed by atoms with van der Waals surface area (Å²) in [6.07, 6.45) is 4.15. The summed E-state index contributed by atoms with van der Waals surface area (Å²) in [6.45, 7) is 4.90. The molecule has 1 aromatic carbocycles. The van der Waals surface area contributed by atoms with Crippen LogP contribution in [0.2, 0.25) is 0 Å².